The Morgan fingerprint density at radius 2 is 1.82 bits per heavy atom. The lowest BCUT2D eigenvalue weighted by molar-refractivity contribution is 0.397. The van der Waals surface area contributed by atoms with Crippen LogP contribution in [-0.4, -0.2) is 19.3 Å². The Hall–Kier alpha value is -1.94. The molecule has 3 N–H and O–H groups in total. The van der Waals surface area contributed by atoms with Gasteiger partial charge in [0, 0.05) is 23.4 Å². The largest absolute Gasteiger partial charge is 0.507 e. The highest BCUT2D eigenvalue weighted by molar-refractivity contribution is 5.94. The first-order valence-electron chi connectivity index (χ1n) is 5.27. The molecule has 0 atom stereocenters. The number of methoxy groups -OCH3 is 2. The average Bonchev–Trinajstić information content (AvgIpc) is 2.37. The average molecular weight is 233 g/mol. The maximum Gasteiger partial charge on any atom is 0.130 e. The molecule has 2 aromatic rings. The van der Waals surface area contributed by atoms with Crippen molar-refractivity contribution in [3.05, 3.63) is 29.8 Å². The quantitative estimate of drug-likeness (QED) is 0.851. The lowest BCUT2D eigenvalue weighted by Gasteiger charge is -2.11. The molecule has 0 saturated carbocycles. The van der Waals surface area contributed by atoms with Gasteiger partial charge >= 0.3 is 0 Å². The van der Waals surface area contributed by atoms with Crippen molar-refractivity contribution in [2.75, 3.05) is 14.2 Å². The van der Waals surface area contributed by atoms with Crippen molar-refractivity contribution in [1.29, 1.82) is 0 Å². The van der Waals surface area contributed by atoms with Gasteiger partial charge in [0.25, 0.3) is 0 Å². The molecule has 0 bridgehead atoms. The van der Waals surface area contributed by atoms with Gasteiger partial charge in [-0.25, -0.2) is 0 Å². The molecule has 0 fully saturated rings. The van der Waals surface area contributed by atoms with Crippen molar-refractivity contribution in [3.63, 3.8) is 0 Å². The number of rotatable bonds is 3. The van der Waals surface area contributed by atoms with Gasteiger partial charge in [-0.1, -0.05) is 0 Å². The van der Waals surface area contributed by atoms with Crippen molar-refractivity contribution in [1.82, 2.24) is 0 Å². The number of hydrogen-bond donors (Lipinski definition) is 2. The van der Waals surface area contributed by atoms with Gasteiger partial charge in [0.2, 0.25) is 0 Å². The Labute approximate surface area is 99.6 Å². The zero-order valence-electron chi connectivity index (χ0n) is 9.86. The van der Waals surface area contributed by atoms with Crippen molar-refractivity contribution >= 4 is 10.8 Å². The number of ether oxygens (including phenoxy) is 2. The molecule has 0 saturated heterocycles. The van der Waals surface area contributed by atoms with Gasteiger partial charge in [-0.3, -0.25) is 0 Å². The predicted molar refractivity (Wildman–Crippen MR) is 66.6 cm³/mol. The van der Waals surface area contributed by atoms with E-state index in [-0.39, 0.29) is 5.75 Å². The first-order valence-corrected chi connectivity index (χ1v) is 5.27. The van der Waals surface area contributed by atoms with Gasteiger partial charge < -0.3 is 20.3 Å². The summed E-state index contributed by atoms with van der Waals surface area (Å²) in [6, 6.07) is 7.12. The lowest BCUT2D eigenvalue weighted by atomic mass is 10.0. The molecule has 0 aromatic heterocycles. The molecule has 0 heterocycles. The molecule has 17 heavy (non-hydrogen) atoms. The van der Waals surface area contributed by atoms with E-state index in [2.05, 4.69) is 0 Å². The van der Waals surface area contributed by atoms with Crippen LogP contribution >= 0.6 is 0 Å². The molecule has 0 aliphatic rings. The fraction of sp³-hybridized carbons (Fsp3) is 0.231. The third-order valence-electron chi connectivity index (χ3n) is 2.73. The van der Waals surface area contributed by atoms with Gasteiger partial charge in [0.15, 0.2) is 0 Å². The molecule has 90 valence electrons. The maximum atomic E-state index is 9.96. The molecule has 4 nitrogen and oxygen atoms in total. The second-order valence-electron chi connectivity index (χ2n) is 3.74. The van der Waals surface area contributed by atoms with Crippen LogP contribution in [0.15, 0.2) is 24.3 Å². The van der Waals surface area contributed by atoms with E-state index in [9.17, 15) is 5.11 Å². The van der Waals surface area contributed by atoms with Crippen molar-refractivity contribution in [2.24, 2.45) is 5.73 Å². The Balaban J connectivity index is 2.79. The Bertz CT molecular complexity index is 552. The van der Waals surface area contributed by atoms with Gasteiger partial charge in [-0.05, 0) is 23.8 Å². The van der Waals surface area contributed by atoms with E-state index in [1.165, 1.54) is 0 Å². The Kier molecular flexibility index (Phi) is 3.06. The van der Waals surface area contributed by atoms with Crippen LogP contribution in [0.3, 0.4) is 0 Å². The van der Waals surface area contributed by atoms with Gasteiger partial charge in [0.1, 0.15) is 17.2 Å². The first-order chi connectivity index (χ1) is 8.19. The Morgan fingerprint density at radius 1 is 1.06 bits per heavy atom. The monoisotopic (exact) mass is 233 g/mol. The van der Waals surface area contributed by atoms with E-state index in [1.807, 2.05) is 6.07 Å². The summed E-state index contributed by atoms with van der Waals surface area (Å²) in [5, 5.41) is 11.5. The van der Waals surface area contributed by atoms with E-state index >= 15 is 0 Å². The van der Waals surface area contributed by atoms with E-state index in [0.717, 1.165) is 10.9 Å². The molecule has 2 aromatic carbocycles. The summed E-state index contributed by atoms with van der Waals surface area (Å²) in [4.78, 5) is 0. The molecular weight excluding hydrogens is 218 g/mol. The number of fused-ring (bicyclic) bond motifs is 1. The van der Waals surface area contributed by atoms with E-state index in [0.29, 0.717) is 23.4 Å². The van der Waals surface area contributed by atoms with E-state index < -0.39 is 0 Å². The topological polar surface area (TPSA) is 64.7 Å². The molecule has 0 spiro atoms. The molecule has 4 heteroatoms. The van der Waals surface area contributed by atoms with Crippen LogP contribution in [-0.2, 0) is 6.54 Å². The molecule has 0 amide bonds. The molecule has 0 aliphatic carbocycles. The second kappa shape index (κ2) is 4.51. The van der Waals surface area contributed by atoms with E-state index in [1.54, 1.807) is 32.4 Å². The van der Waals surface area contributed by atoms with Crippen molar-refractivity contribution in [3.8, 4) is 17.2 Å². The number of phenolic OH excluding ortho intramolecular Hbond substituents is 1. The molecule has 0 unspecified atom stereocenters. The first kappa shape index (κ1) is 11.5. The van der Waals surface area contributed by atoms with Crippen LogP contribution in [0.1, 0.15) is 5.56 Å². The number of aromatic hydroxyl groups is 1. The summed E-state index contributed by atoms with van der Waals surface area (Å²) in [5.41, 5.74) is 6.44. The van der Waals surface area contributed by atoms with Gasteiger partial charge in [-0.2, -0.15) is 0 Å². The summed E-state index contributed by atoms with van der Waals surface area (Å²) < 4.78 is 10.5. The van der Waals surface area contributed by atoms with Crippen LogP contribution in [0, 0.1) is 0 Å². The van der Waals surface area contributed by atoms with Crippen molar-refractivity contribution < 1.29 is 14.6 Å². The number of hydrogen-bond acceptors (Lipinski definition) is 4. The fourth-order valence-corrected chi connectivity index (χ4v) is 1.85. The lowest BCUT2D eigenvalue weighted by Crippen LogP contribution is -1.97. The highest BCUT2D eigenvalue weighted by Crippen LogP contribution is 2.36. The third-order valence-corrected chi connectivity index (χ3v) is 2.73. The molecule has 0 radical (unpaired) electrons. The van der Waals surface area contributed by atoms with Gasteiger partial charge in [-0.15, -0.1) is 0 Å². The number of nitrogens with two attached hydrogens (primary N) is 1. The van der Waals surface area contributed by atoms with E-state index in [4.69, 9.17) is 15.2 Å². The van der Waals surface area contributed by atoms with Gasteiger partial charge in [0.05, 0.1) is 14.2 Å². The SMILES string of the molecule is COc1cc(OC)c2cc(CN)cc(O)c2c1. The summed E-state index contributed by atoms with van der Waals surface area (Å²) >= 11 is 0. The third kappa shape index (κ3) is 1.99. The minimum Gasteiger partial charge on any atom is -0.507 e. The maximum absolute atomic E-state index is 9.96. The van der Waals surface area contributed by atoms with Crippen molar-refractivity contribution in [2.45, 2.75) is 6.54 Å². The highest BCUT2D eigenvalue weighted by atomic mass is 16.5. The summed E-state index contributed by atoms with van der Waals surface area (Å²) in [5.74, 6) is 1.48. The van der Waals surface area contributed by atoms with Crippen LogP contribution < -0.4 is 15.2 Å². The molecular formula is C13H15NO3. The Morgan fingerprint density at radius 3 is 2.41 bits per heavy atom. The van der Waals surface area contributed by atoms with Crippen LogP contribution in [0.4, 0.5) is 0 Å². The number of benzene rings is 2. The normalized spacial score (nSPS) is 10.5. The molecule has 2 rings (SSSR count). The summed E-state index contributed by atoms with van der Waals surface area (Å²) in [6.45, 7) is 0.374. The minimum atomic E-state index is 0.181. The van der Waals surface area contributed by atoms with Crippen LogP contribution in [0.2, 0.25) is 0 Å². The fourth-order valence-electron chi connectivity index (χ4n) is 1.85. The smallest absolute Gasteiger partial charge is 0.130 e. The molecule has 0 aliphatic heterocycles. The number of phenols is 1. The minimum absolute atomic E-state index is 0.181. The summed E-state index contributed by atoms with van der Waals surface area (Å²) in [7, 11) is 3.16. The highest BCUT2D eigenvalue weighted by Gasteiger charge is 2.10. The standard InChI is InChI=1S/C13H15NO3/c1-16-9-5-10-11(13(6-9)17-2)3-8(7-14)4-12(10)15/h3-6,15H,7,14H2,1-2H3. The second-order valence-corrected chi connectivity index (χ2v) is 3.74. The van der Waals surface area contributed by atoms with Crippen LogP contribution in [0.25, 0.3) is 10.8 Å². The van der Waals surface area contributed by atoms with Crippen LogP contribution in [0.5, 0.6) is 17.2 Å². The predicted octanol–water partition coefficient (Wildman–Crippen LogP) is 2.02. The summed E-state index contributed by atoms with van der Waals surface area (Å²) in [6.07, 6.45) is 0. The zero-order valence-corrected chi connectivity index (χ0v) is 9.86. The zero-order chi connectivity index (χ0) is 12.4.